The minimum atomic E-state index is -3.50. The minimum Gasteiger partial charge on any atom is -0.336 e. The molecule has 1 aliphatic heterocycles. The first kappa shape index (κ1) is 25.1. The molecule has 1 aromatic heterocycles. The van der Waals surface area contributed by atoms with Crippen LogP contribution in [0.3, 0.4) is 0 Å². The van der Waals surface area contributed by atoms with E-state index in [1.807, 2.05) is 0 Å². The van der Waals surface area contributed by atoms with E-state index in [4.69, 9.17) is 0 Å². The van der Waals surface area contributed by atoms with Gasteiger partial charge in [-0.05, 0) is 34.7 Å². The normalized spacial score (nSPS) is 15.1. The highest BCUT2D eigenvalue weighted by molar-refractivity contribution is 7.99. The van der Waals surface area contributed by atoms with Crippen molar-refractivity contribution in [2.45, 2.75) is 19.0 Å². The Hall–Kier alpha value is -2.55. The Morgan fingerprint density at radius 1 is 1.09 bits per heavy atom. The van der Waals surface area contributed by atoms with E-state index in [9.17, 15) is 18.0 Å². The van der Waals surface area contributed by atoms with E-state index >= 15 is 0 Å². The van der Waals surface area contributed by atoms with Crippen LogP contribution in [0.5, 0.6) is 0 Å². The Balaban J connectivity index is 1.51. The number of nitrogens with zero attached hydrogens (tertiary/aromatic N) is 7. The van der Waals surface area contributed by atoms with Crippen molar-refractivity contribution in [1.29, 1.82) is 0 Å². The van der Waals surface area contributed by atoms with E-state index in [1.54, 1.807) is 50.1 Å². The van der Waals surface area contributed by atoms with Crippen LogP contribution in [0.25, 0.3) is 0 Å². The summed E-state index contributed by atoms with van der Waals surface area (Å²) in [6.45, 7) is 5.61. The van der Waals surface area contributed by atoms with Crippen LogP contribution in [0.15, 0.2) is 29.4 Å². The minimum absolute atomic E-state index is 0.148. The second-order valence-corrected chi connectivity index (χ2v) is 10.2. The average molecular weight is 497 g/mol. The highest BCUT2D eigenvalue weighted by Crippen LogP contribution is 2.17. The molecule has 0 aliphatic carbocycles. The highest BCUT2D eigenvalue weighted by Gasteiger charge is 2.32. The largest absolute Gasteiger partial charge is 0.336 e. The number of tetrazole rings is 1. The van der Waals surface area contributed by atoms with Crippen LogP contribution >= 0.6 is 11.8 Å². The van der Waals surface area contributed by atoms with Crippen LogP contribution in [-0.4, -0.2) is 99.0 Å². The molecule has 2 aromatic rings. The van der Waals surface area contributed by atoms with E-state index in [0.717, 1.165) is 0 Å². The predicted octanol–water partition coefficient (Wildman–Crippen LogP) is 0.285. The zero-order valence-corrected chi connectivity index (χ0v) is 20.5. The molecule has 1 saturated heterocycles. The summed E-state index contributed by atoms with van der Waals surface area (Å²) in [5, 5.41) is 14.3. The summed E-state index contributed by atoms with van der Waals surface area (Å²) in [5.74, 6) is -0.235. The fourth-order valence-corrected chi connectivity index (χ4v) is 5.64. The smallest absolute Gasteiger partial charge is 0.282 e. The van der Waals surface area contributed by atoms with Crippen LogP contribution in [0, 0.1) is 0 Å². The van der Waals surface area contributed by atoms with Crippen LogP contribution in [-0.2, 0) is 22.1 Å². The Kier molecular flexibility index (Phi) is 8.40. The SMILES string of the molecule is CCN(CC)S(=O)(=O)N1CCN(C(=O)c2ccc(NC(=O)CSc3nnnn3C)cc2)CC1. The second kappa shape index (κ2) is 11.0. The van der Waals surface area contributed by atoms with Gasteiger partial charge in [-0.2, -0.15) is 17.0 Å². The molecule has 1 aromatic carbocycles. The summed E-state index contributed by atoms with van der Waals surface area (Å²) in [7, 11) is -1.81. The quantitative estimate of drug-likeness (QED) is 0.490. The summed E-state index contributed by atoms with van der Waals surface area (Å²) >= 11 is 1.22. The van der Waals surface area contributed by atoms with E-state index < -0.39 is 10.2 Å². The number of aryl methyl sites for hydroxylation is 1. The van der Waals surface area contributed by atoms with Crippen molar-refractivity contribution in [1.82, 2.24) is 33.7 Å². The van der Waals surface area contributed by atoms with E-state index in [0.29, 0.717) is 42.6 Å². The summed E-state index contributed by atoms with van der Waals surface area (Å²) in [4.78, 5) is 26.6. The third kappa shape index (κ3) is 6.07. The van der Waals surface area contributed by atoms with Gasteiger partial charge in [0.2, 0.25) is 11.1 Å². The van der Waals surface area contributed by atoms with Gasteiger partial charge in [-0.1, -0.05) is 25.6 Å². The number of piperazine rings is 1. The van der Waals surface area contributed by atoms with Crippen molar-refractivity contribution < 1.29 is 18.0 Å². The number of nitrogens with one attached hydrogen (secondary N) is 1. The molecule has 2 amide bonds. The number of benzene rings is 1. The standard InChI is InChI=1S/C19H28N8O4S2/c1-4-26(5-2)33(30,31)27-12-10-25(11-13-27)18(29)15-6-8-16(9-7-15)20-17(28)14-32-19-21-22-23-24(19)3/h6-9H,4-5,10-14H2,1-3H3,(H,20,28). The average Bonchev–Trinajstić information content (AvgIpc) is 3.23. The van der Waals surface area contributed by atoms with Crippen molar-refractivity contribution in [3.05, 3.63) is 29.8 Å². The van der Waals surface area contributed by atoms with Crippen LogP contribution in [0.1, 0.15) is 24.2 Å². The van der Waals surface area contributed by atoms with Gasteiger partial charge in [-0.3, -0.25) is 9.59 Å². The van der Waals surface area contributed by atoms with Crippen molar-refractivity contribution in [3.8, 4) is 0 Å². The molecule has 1 fully saturated rings. The first-order chi connectivity index (χ1) is 15.8. The molecular weight excluding hydrogens is 468 g/mol. The van der Waals surface area contributed by atoms with Gasteiger partial charge in [0, 0.05) is 57.6 Å². The number of rotatable bonds is 9. The summed E-state index contributed by atoms with van der Waals surface area (Å²) in [6, 6.07) is 6.63. The van der Waals surface area contributed by atoms with Crippen molar-refractivity contribution >= 4 is 39.5 Å². The monoisotopic (exact) mass is 496 g/mol. The van der Waals surface area contributed by atoms with Gasteiger partial charge in [0.15, 0.2) is 0 Å². The molecule has 180 valence electrons. The molecule has 0 spiro atoms. The van der Waals surface area contributed by atoms with E-state index in [-0.39, 0.29) is 30.7 Å². The number of carbonyl (C=O) groups excluding carboxylic acids is 2. The van der Waals surface area contributed by atoms with Crippen LogP contribution in [0.4, 0.5) is 5.69 Å². The molecule has 0 atom stereocenters. The maximum atomic E-state index is 12.8. The van der Waals surface area contributed by atoms with Crippen LogP contribution in [0.2, 0.25) is 0 Å². The lowest BCUT2D eigenvalue weighted by Gasteiger charge is -2.36. The lowest BCUT2D eigenvalue weighted by molar-refractivity contribution is -0.113. The van der Waals surface area contributed by atoms with Crippen molar-refractivity contribution in [2.75, 3.05) is 50.3 Å². The zero-order valence-electron chi connectivity index (χ0n) is 18.8. The number of anilines is 1. The first-order valence-electron chi connectivity index (χ1n) is 10.6. The topological polar surface area (TPSA) is 134 Å². The number of hydrogen-bond donors (Lipinski definition) is 1. The fourth-order valence-electron chi connectivity index (χ4n) is 3.38. The lowest BCUT2D eigenvalue weighted by atomic mass is 10.1. The molecule has 33 heavy (non-hydrogen) atoms. The molecule has 3 rings (SSSR count). The number of carbonyl (C=O) groups is 2. The second-order valence-electron chi connectivity index (χ2n) is 7.28. The Morgan fingerprint density at radius 2 is 1.73 bits per heavy atom. The summed E-state index contributed by atoms with van der Waals surface area (Å²) in [5.41, 5.74) is 1.05. The maximum absolute atomic E-state index is 12.8. The first-order valence-corrected chi connectivity index (χ1v) is 12.9. The van der Waals surface area contributed by atoms with Gasteiger partial charge >= 0.3 is 0 Å². The summed E-state index contributed by atoms with van der Waals surface area (Å²) < 4.78 is 29.6. The Morgan fingerprint density at radius 3 is 2.27 bits per heavy atom. The maximum Gasteiger partial charge on any atom is 0.282 e. The molecule has 14 heteroatoms. The van der Waals surface area contributed by atoms with Gasteiger partial charge in [0.05, 0.1) is 5.75 Å². The molecule has 2 heterocycles. The number of hydrogen-bond acceptors (Lipinski definition) is 8. The molecular formula is C19H28N8O4S2. The molecule has 12 nitrogen and oxygen atoms in total. The van der Waals surface area contributed by atoms with Crippen molar-refractivity contribution in [2.24, 2.45) is 7.05 Å². The number of thioether (sulfide) groups is 1. The molecule has 0 unspecified atom stereocenters. The Labute approximate surface area is 197 Å². The highest BCUT2D eigenvalue weighted by atomic mass is 32.2. The molecule has 1 N–H and O–H groups in total. The van der Waals surface area contributed by atoms with Gasteiger partial charge in [0.1, 0.15) is 0 Å². The number of amides is 2. The van der Waals surface area contributed by atoms with Gasteiger partial charge in [0.25, 0.3) is 16.1 Å². The number of aromatic nitrogens is 4. The van der Waals surface area contributed by atoms with Gasteiger partial charge < -0.3 is 10.2 Å². The third-order valence-electron chi connectivity index (χ3n) is 5.21. The lowest BCUT2D eigenvalue weighted by Crippen LogP contribution is -2.54. The zero-order chi connectivity index (χ0) is 24.0. The molecule has 0 bridgehead atoms. The van der Waals surface area contributed by atoms with E-state index in [2.05, 4.69) is 20.8 Å². The third-order valence-corrected chi connectivity index (χ3v) is 8.41. The Bertz CT molecular complexity index is 1060. The van der Waals surface area contributed by atoms with Gasteiger partial charge in [-0.25, -0.2) is 4.68 Å². The molecule has 1 aliphatic rings. The van der Waals surface area contributed by atoms with Gasteiger partial charge in [-0.15, -0.1) is 5.10 Å². The van der Waals surface area contributed by atoms with Crippen molar-refractivity contribution in [3.63, 3.8) is 0 Å². The molecule has 0 saturated carbocycles. The fraction of sp³-hybridized carbons (Fsp3) is 0.526. The van der Waals surface area contributed by atoms with Crippen LogP contribution < -0.4 is 5.32 Å². The molecule has 0 radical (unpaired) electrons. The van der Waals surface area contributed by atoms with E-state index in [1.165, 1.54) is 25.1 Å². The predicted molar refractivity (Wildman–Crippen MR) is 124 cm³/mol. The summed E-state index contributed by atoms with van der Waals surface area (Å²) in [6.07, 6.45) is 0.